The maximum absolute atomic E-state index is 14.3. The van der Waals surface area contributed by atoms with Crippen LogP contribution in [0.1, 0.15) is 98.9 Å². The quantitative estimate of drug-likeness (QED) is 0.127. The molecular weight excluding hydrogens is 804 g/mol. The first-order chi connectivity index (χ1) is 28.9. The molecule has 0 saturated carbocycles. The molecule has 3 amide bonds. The van der Waals surface area contributed by atoms with E-state index in [-0.39, 0.29) is 46.4 Å². The molecule has 12 nitrogen and oxygen atoms in total. The Kier molecular flexibility index (Phi) is 14.5. The Labute approximate surface area is 361 Å². The number of carbonyl (C=O) groups excluding carboxylic acids is 4. The van der Waals surface area contributed by atoms with Gasteiger partial charge in [0.15, 0.2) is 17.4 Å². The predicted octanol–water partition coefficient (Wildman–Crippen LogP) is 11.1. The van der Waals surface area contributed by atoms with E-state index >= 15 is 0 Å². The summed E-state index contributed by atoms with van der Waals surface area (Å²) in [6.07, 6.45) is 5.40. The van der Waals surface area contributed by atoms with Crippen LogP contribution in [-0.2, 0) is 14.2 Å². The van der Waals surface area contributed by atoms with Crippen molar-refractivity contribution in [2.75, 3.05) is 34.3 Å². The number of benzene rings is 3. The fraction of sp³-hybridized carbons (Fsp3) is 0.468. The van der Waals surface area contributed by atoms with Crippen LogP contribution in [0.5, 0.6) is 0 Å². The number of rotatable bonds is 8. The van der Waals surface area contributed by atoms with E-state index in [0.29, 0.717) is 42.3 Å². The van der Waals surface area contributed by atoms with Gasteiger partial charge in [-0.15, -0.1) is 0 Å². The normalized spacial score (nSPS) is 19.0. The van der Waals surface area contributed by atoms with Crippen molar-refractivity contribution < 1.29 is 46.6 Å². The molecule has 3 aromatic carbocycles. The van der Waals surface area contributed by atoms with Crippen molar-refractivity contribution >= 4 is 41.1 Å². The van der Waals surface area contributed by atoms with E-state index in [0.717, 1.165) is 37.1 Å². The molecule has 0 N–H and O–H groups in total. The molecule has 0 spiro atoms. The number of Topliss-reactive ketones (excluding diaryl/α,β-unsaturated/α-hetero) is 1. The summed E-state index contributed by atoms with van der Waals surface area (Å²) in [4.78, 5) is 55.3. The highest BCUT2D eigenvalue weighted by atomic mass is 19.2. The van der Waals surface area contributed by atoms with Crippen molar-refractivity contribution in [1.29, 1.82) is 0 Å². The largest absolute Gasteiger partial charge is 0.444 e. The van der Waals surface area contributed by atoms with Crippen molar-refractivity contribution in [3.63, 3.8) is 0 Å². The molecule has 3 aliphatic rings. The van der Waals surface area contributed by atoms with E-state index in [2.05, 4.69) is 67.3 Å². The number of carbonyl (C=O) groups is 4. The topological polar surface area (TPSA) is 124 Å². The molecule has 0 bridgehead atoms. The molecule has 7 rings (SSSR count). The Morgan fingerprint density at radius 3 is 1.37 bits per heavy atom. The minimum atomic E-state index is -0.968. The van der Waals surface area contributed by atoms with Crippen LogP contribution < -0.4 is 14.7 Å². The fourth-order valence-corrected chi connectivity index (χ4v) is 7.37. The molecule has 15 heteroatoms. The number of halogens is 3. The molecule has 1 aromatic heterocycles. The molecular formula is C47H58F3N5O7. The minimum Gasteiger partial charge on any atom is -0.444 e. The number of imidazole rings is 1. The van der Waals surface area contributed by atoms with Gasteiger partial charge in [-0.3, -0.25) is 19.5 Å². The van der Waals surface area contributed by atoms with Gasteiger partial charge in [-0.05, 0) is 97.0 Å². The second-order valence-electron chi connectivity index (χ2n) is 19.5. The number of ether oxygens (including phenoxy) is 3. The summed E-state index contributed by atoms with van der Waals surface area (Å²) in [5, 5.41) is 0. The molecule has 334 valence electrons. The van der Waals surface area contributed by atoms with Gasteiger partial charge in [0.1, 0.15) is 24.1 Å². The van der Waals surface area contributed by atoms with Gasteiger partial charge in [-0.2, -0.15) is 0 Å². The highest BCUT2D eigenvalue weighted by Gasteiger charge is 2.37. The van der Waals surface area contributed by atoms with Crippen molar-refractivity contribution in [1.82, 2.24) is 9.55 Å². The number of hydrogen-bond acceptors (Lipinski definition) is 8. The molecule has 0 radical (unpaired) electrons. The summed E-state index contributed by atoms with van der Waals surface area (Å²) in [6.45, 7) is 21.8. The van der Waals surface area contributed by atoms with Crippen LogP contribution in [-0.4, -0.2) is 71.6 Å². The van der Waals surface area contributed by atoms with E-state index in [9.17, 15) is 32.3 Å². The first-order valence-electron chi connectivity index (χ1n) is 20.6. The van der Waals surface area contributed by atoms with Crippen molar-refractivity contribution in [2.24, 2.45) is 16.2 Å². The lowest BCUT2D eigenvalue weighted by molar-refractivity contribution is 0.101. The molecule has 3 aliphatic heterocycles. The zero-order valence-electron chi connectivity index (χ0n) is 37.2. The molecule has 62 heavy (non-hydrogen) atoms. The number of amides is 3. The van der Waals surface area contributed by atoms with Gasteiger partial charge in [0, 0.05) is 29.7 Å². The summed E-state index contributed by atoms with van der Waals surface area (Å²) in [5.41, 5.74) is 2.87. The van der Waals surface area contributed by atoms with E-state index in [4.69, 9.17) is 14.2 Å². The van der Waals surface area contributed by atoms with Crippen LogP contribution in [0.15, 0.2) is 79.4 Å². The maximum Gasteiger partial charge on any atom is 0.414 e. The fourth-order valence-electron chi connectivity index (χ4n) is 7.37. The molecule has 0 unspecified atom stereocenters. The van der Waals surface area contributed by atoms with Crippen molar-refractivity contribution in [3.8, 4) is 5.69 Å². The summed E-state index contributed by atoms with van der Waals surface area (Å²) >= 11 is 0. The van der Waals surface area contributed by atoms with Crippen LogP contribution in [0.2, 0.25) is 0 Å². The van der Waals surface area contributed by atoms with Crippen LogP contribution >= 0.6 is 0 Å². The van der Waals surface area contributed by atoms with Crippen LogP contribution in [0.25, 0.3) is 5.69 Å². The second-order valence-corrected chi connectivity index (χ2v) is 19.5. The van der Waals surface area contributed by atoms with Crippen LogP contribution in [0.3, 0.4) is 0 Å². The highest BCUT2D eigenvalue weighted by Crippen LogP contribution is 2.33. The van der Waals surface area contributed by atoms with Gasteiger partial charge in [0.05, 0.1) is 43.0 Å². The third-order valence-corrected chi connectivity index (χ3v) is 9.97. The molecule has 3 saturated heterocycles. The Hall–Kier alpha value is -5.86. The number of nitrogens with zero attached hydrogens (tertiary/aromatic N) is 5. The van der Waals surface area contributed by atoms with Gasteiger partial charge >= 0.3 is 18.3 Å². The zero-order chi connectivity index (χ0) is 45.7. The monoisotopic (exact) mass is 861 g/mol. The summed E-state index contributed by atoms with van der Waals surface area (Å²) in [7, 11) is 0. The zero-order valence-corrected chi connectivity index (χ0v) is 37.2. The molecule has 3 fully saturated rings. The SMILES string of the molecule is CC(=O)c1ccc(N2C[C@H](CC(C)(C)C)OC2=O)cc1.CC(C)(C)C[C@H]1CN(c2ccc(-n3ccnc3)c(F)c2)C(=O)O1.CC(C)(C)C[C@H]1CN(c2ccc(F)c(F)c2)C(=O)O1. The van der Waals surface area contributed by atoms with Gasteiger partial charge in [-0.1, -0.05) is 62.3 Å². The number of aromatic nitrogens is 2. The summed E-state index contributed by atoms with van der Waals surface area (Å²) < 4.78 is 58.0. The van der Waals surface area contributed by atoms with Gasteiger partial charge in [-0.25, -0.2) is 32.5 Å². The number of ketones is 1. The van der Waals surface area contributed by atoms with Crippen LogP contribution in [0, 0.1) is 33.7 Å². The van der Waals surface area contributed by atoms with Gasteiger partial charge in [0.25, 0.3) is 0 Å². The smallest absolute Gasteiger partial charge is 0.414 e. The average molecular weight is 862 g/mol. The lowest BCUT2D eigenvalue weighted by atomic mass is 9.89. The average Bonchev–Trinajstić information content (AvgIpc) is 3.96. The first kappa shape index (κ1) is 47.2. The number of hydrogen-bond donors (Lipinski definition) is 0. The molecule has 3 atom stereocenters. The van der Waals surface area contributed by atoms with E-state index in [1.807, 2.05) is 0 Å². The number of cyclic esters (lactones) is 3. The highest BCUT2D eigenvalue weighted by molar-refractivity contribution is 5.95. The lowest BCUT2D eigenvalue weighted by Crippen LogP contribution is -2.26. The van der Waals surface area contributed by atoms with Gasteiger partial charge < -0.3 is 18.8 Å². The second kappa shape index (κ2) is 19.0. The molecule has 0 aliphatic carbocycles. The third-order valence-electron chi connectivity index (χ3n) is 9.97. The van der Waals surface area contributed by atoms with Crippen LogP contribution in [0.4, 0.5) is 44.6 Å². The first-order valence-corrected chi connectivity index (χ1v) is 20.6. The standard InChI is InChI=1S/C17H20FN3O2.C16H21NO3.C14H17F2NO2/c1-17(2,3)9-13-10-21(16(22)23-13)12-4-5-15(14(18)8-12)20-7-6-19-11-20;1-11(18)12-5-7-13(8-6-12)17-10-14(20-15(17)19)9-16(2,3)4;1-14(2,3)7-10-8-17(13(18)19-10)9-4-5-11(15)12(16)6-9/h4-8,11,13H,9-10H2,1-3H3;5-8,14H,9-10H2,1-4H3;4-6,10H,7-8H2,1-3H3/t13-;14-;10-/m000/s1. The Morgan fingerprint density at radius 2 is 1.00 bits per heavy atom. The molecule has 4 heterocycles. The number of anilines is 3. The predicted molar refractivity (Wildman–Crippen MR) is 231 cm³/mol. The third kappa shape index (κ3) is 13.1. The van der Waals surface area contributed by atoms with Crippen molar-refractivity contribution in [3.05, 3.63) is 102 Å². The summed E-state index contributed by atoms with van der Waals surface area (Å²) in [6, 6.07) is 15.2. The summed E-state index contributed by atoms with van der Waals surface area (Å²) in [5.74, 6) is -2.29. The minimum absolute atomic E-state index is 0.0196. The van der Waals surface area contributed by atoms with Gasteiger partial charge in [0.2, 0.25) is 0 Å². The lowest BCUT2D eigenvalue weighted by Gasteiger charge is -2.21. The van der Waals surface area contributed by atoms with E-state index in [1.54, 1.807) is 58.3 Å². The Balaban J connectivity index is 0.000000177. The van der Waals surface area contributed by atoms with Crippen molar-refractivity contribution in [2.45, 2.75) is 107 Å². The maximum atomic E-state index is 14.3. The van der Waals surface area contributed by atoms with E-state index in [1.165, 1.54) is 35.2 Å². The Bertz CT molecular complexity index is 2210. The molecule has 4 aromatic rings. The van der Waals surface area contributed by atoms with E-state index < -0.39 is 29.6 Å². The Morgan fingerprint density at radius 1 is 0.597 bits per heavy atom.